The molecule has 110 valence electrons. The van der Waals surface area contributed by atoms with E-state index >= 15 is 0 Å². The fourth-order valence-corrected chi connectivity index (χ4v) is 2.62. The maximum atomic E-state index is 12.1. The molecule has 1 aromatic rings. The first-order chi connectivity index (χ1) is 9.65. The lowest BCUT2D eigenvalue weighted by Gasteiger charge is -2.37. The summed E-state index contributed by atoms with van der Waals surface area (Å²) in [6.07, 6.45) is 3.47. The lowest BCUT2D eigenvalue weighted by atomic mass is 9.79. The summed E-state index contributed by atoms with van der Waals surface area (Å²) in [5.41, 5.74) is 0.401. The number of rotatable bonds is 5. The van der Waals surface area contributed by atoms with Crippen LogP contribution in [0.15, 0.2) is 18.3 Å². The van der Waals surface area contributed by atoms with E-state index in [-0.39, 0.29) is 11.3 Å². The topological polar surface area (TPSA) is 63.2 Å². The molecule has 1 saturated heterocycles. The molecule has 0 bridgehead atoms. The highest BCUT2D eigenvalue weighted by Crippen LogP contribution is 2.28. The summed E-state index contributed by atoms with van der Waals surface area (Å²) in [6.45, 7) is 3.17. The molecule has 1 fully saturated rings. The van der Waals surface area contributed by atoms with Gasteiger partial charge in [-0.05, 0) is 38.1 Å². The number of carbonyl (C=O) groups is 1. The Morgan fingerprint density at radius 3 is 2.85 bits per heavy atom. The first-order valence-electron chi connectivity index (χ1n) is 6.75. The molecule has 0 aliphatic carbocycles. The number of hydrogen-bond donors (Lipinski definition) is 2. The molecule has 1 aromatic heterocycles. The van der Waals surface area contributed by atoms with Crippen LogP contribution >= 0.6 is 11.6 Å². The highest BCUT2D eigenvalue weighted by Gasteiger charge is 2.32. The zero-order valence-corrected chi connectivity index (χ0v) is 12.4. The minimum atomic E-state index is -0.171. The monoisotopic (exact) mass is 297 g/mol. The van der Waals surface area contributed by atoms with Gasteiger partial charge in [-0.15, -0.1) is 0 Å². The van der Waals surface area contributed by atoms with Crippen molar-refractivity contribution in [1.82, 2.24) is 15.6 Å². The fourth-order valence-electron chi connectivity index (χ4n) is 2.50. The van der Waals surface area contributed by atoms with Crippen LogP contribution in [-0.4, -0.2) is 44.2 Å². The lowest BCUT2D eigenvalue weighted by molar-refractivity contribution is 0.0511. The van der Waals surface area contributed by atoms with Gasteiger partial charge in [-0.2, -0.15) is 0 Å². The summed E-state index contributed by atoms with van der Waals surface area (Å²) in [5, 5.41) is 6.81. The molecule has 0 spiro atoms. The van der Waals surface area contributed by atoms with Gasteiger partial charge in [-0.3, -0.25) is 4.79 Å². The predicted molar refractivity (Wildman–Crippen MR) is 78.0 cm³/mol. The summed E-state index contributed by atoms with van der Waals surface area (Å²) in [4.78, 5) is 16.1. The molecule has 0 radical (unpaired) electrons. The Labute approximate surface area is 124 Å². The van der Waals surface area contributed by atoms with Crippen LogP contribution in [0, 0.1) is 5.41 Å². The molecular weight excluding hydrogens is 278 g/mol. The standard InChI is InChI=1S/C14H20ClN3O2/c1-20-10-14(4-6-16-7-5-14)9-18-13(19)12-3-2-11(15)8-17-12/h2-3,8,16H,4-7,9-10H2,1H3,(H,18,19). The Morgan fingerprint density at radius 1 is 1.50 bits per heavy atom. The van der Waals surface area contributed by atoms with Gasteiger partial charge in [0, 0.05) is 25.3 Å². The molecular formula is C14H20ClN3O2. The van der Waals surface area contributed by atoms with Gasteiger partial charge in [0.15, 0.2) is 0 Å². The van der Waals surface area contributed by atoms with Gasteiger partial charge < -0.3 is 15.4 Å². The zero-order chi connectivity index (χ0) is 14.4. The normalized spacial score (nSPS) is 17.7. The zero-order valence-electron chi connectivity index (χ0n) is 11.6. The first kappa shape index (κ1) is 15.2. The van der Waals surface area contributed by atoms with Crippen molar-refractivity contribution >= 4 is 17.5 Å². The third-order valence-electron chi connectivity index (χ3n) is 3.70. The van der Waals surface area contributed by atoms with Crippen LogP contribution in [-0.2, 0) is 4.74 Å². The third kappa shape index (κ3) is 3.91. The Morgan fingerprint density at radius 2 is 2.25 bits per heavy atom. The molecule has 0 unspecified atom stereocenters. The van der Waals surface area contributed by atoms with E-state index in [2.05, 4.69) is 15.6 Å². The van der Waals surface area contributed by atoms with Gasteiger partial charge in [0.05, 0.1) is 11.6 Å². The number of hydrogen-bond acceptors (Lipinski definition) is 4. The summed E-state index contributed by atoms with van der Waals surface area (Å²) in [7, 11) is 1.70. The molecule has 1 aliphatic rings. The summed E-state index contributed by atoms with van der Waals surface area (Å²) in [5.74, 6) is -0.171. The average Bonchev–Trinajstić information content (AvgIpc) is 2.47. The molecule has 0 saturated carbocycles. The van der Waals surface area contributed by atoms with Gasteiger partial charge in [0.1, 0.15) is 5.69 Å². The number of nitrogens with zero attached hydrogens (tertiary/aromatic N) is 1. The van der Waals surface area contributed by atoms with E-state index in [0.717, 1.165) is 25.9 Å². The smallest absolute Gasteiger partial charge is 0.269 e. The van der Waals surface area contributed by atoms with E-state index < -0.39 is 0 Å². The average molecular weight is 298 g/mol. The number of pyridine rings is 1. The van der Waals surface area contributed by atoms with Gasteiger partial charge in [0.25, 0.3) is 5.91 Å². The van der Waals surface area contributed by atoms with Gasteiger partial charge in [-0.25, -0.2) is 4.98 Å². The van der Waals surface area contributed by atoms with Crippen LogP contribution in [0.25, 0.3) is 0 Å². The van der Waals surface area contributed by atoms with Crippen LogP contribution in [0.4, 0.5) is 0 Å². The number of ether oxygens (including phenoxy) is 1. The summed E-state index contributed by atoms with van der Waals surface area (Å²) in [6, 6.07) is 3.29. The van der Waals surface area contributed by atoms with Crippen LogP contribution in [0.2, 0.25) is 5.02 Å². The number of piperidine rings is 1. The first-order valence-corrected chi connectivity index (χ1v) is 7.12. The van der Waals surface area contributed by atoms with E-state index in [1.807, 2.05) is 0 Å². The van der Waals surface area contributed by atoms with Crippen LogP contribution in [0.5, 0.6) is 0 Å². The predicted octanol–water partition coefficient (Wildman–Crippen LogP) is 1.48. The Bertz CT molecular complexity index is 439. The number of aromatic nitrogens is 1. The Kier molecular flexibility index (Phi) is 5.34. The van der Waals surface area contributed by atoms with E-state index in [0.29, 0.717) is 23.9 Å². The Balaban J connectivity index is 1.94. The van der Waals surface area contributed by atoms with Gasteiger partial charge >= 0.3 is 0 Å². The molecule has 2 heterocycles. The molecule has 20 heavy (non-hydrogen) atoms. The Hall–Kier alpha value is -1.17. The molecule has 0 atom stereocenters. The fraction of sp³-hybridized carbons (Fsp3) is 0.571. The lowest BCUT2D eigenvalue weighted by Crippen LogP contribution is -2.47. The molecule has 5 nitrogen and oxygen atoms in total. The molecule has 6 heteroatoms. The van der Waals surface area contributed by atoms with Crippen molar-refractivity contribution in [3.05, 3.63) is 29.0 Å². The minimum Gasteiger partial charge on any atom is -0.384 e. The highest BCUT2D eigenvalue weighted by molar-refractivity contribution is 6.30. The second-order valence-corrected chi connectivity index (χ2v) is 5.66. The number of amides is 1. The number of nitrogens with one attached hydrogen (secondary N) is 2. The summed E-state index contributed by atoms with van der Waals surface area (Å²) >= 11 is 5.76. The van der Waals surface area contributed by atoms with Crippen LogP contribution < -0.4 is 10.6 Å². The molecule has 1 aliphatic heterocycles. The molecule has 1 amide bonds. The van der Waals surface area contributed by atoms with E-state index in [1.165, 1.54) is 6.20 Å². The quantitative estimate of drug-likeness (QED) is 0.864. The van der Waals surface area contributed by atoms with Gasteiger partial charge in [-0.1, -0.05) is 11.6 Å². The van der Waals surface area contributed by atoms with Crippen LogP contribution in [0.1, 0.15) is 23.3 Å². The summed E-state index contributed by atoms with van der Waals surface area (Å²) < 4.78 is 5.33. The van der Waals surface area contributed by atoms with Crippen molar-refractivity contribution in [2.75, 3.05) is 33.4 Å². The van der Waals surface area contributed by atoms with Crippen molar-refractivity contribution in [2.45, 2.75) is 12.8 Å². The van der Waals surface area contributed by atoms with Crippen LogP contribution in [0.3, 0.4) is 0 Å². The SMILES string of the molecule is COCC1(CNC(=O)c2ccc(Cl)cn2)CCNCC1. The molecule has 0 aromatic carbocycles. The van der Waals surface area contributed by atoms with E-state index in [4.69, 9.17) is 16.3 Å². The van der Waals surface area contributed by atoms with Crippen molar-refractivity contribution in [3.8, 4) is 0 Å². The maximum Gasteiger partial charge on any atom is 0.269 e. The number of halogens is 1. The van der Waals surface area contributed by atoms with Crippen molar-refractivity contribution < 1.29 is 9.53 Å². The minimum absolute atomic E-state index is 0.0160. The molecule has 2 N–H and O–H groups in total. The van der Waals surface area contributed by atoms with E-state index in [9.17, 15) is 4.79 Å². The largest absolute Gasteiger partial charge is 0.384 e. The second kappa shape index (κ2) is 7.02. The second-order valence-electron chi connectivity index (χ2n) is 5.23. The van der Waals surface area contributed by atoms with Gasteiger partial charge in [0.2, 0.25) is 0 Å². The van der Waals surface area contributed by atoms with Crippen molar-refractivity contribution in [3.63, 3.8) is 0 Å². The van der Waals surface area contributed by atoms with E-state index in [1.54, 1.807) is 19.2 Å². The maximum absolute atomic E-state index is 12.1. The van der Waals surface area contributed by atoms with Crippen molar-refractivity contribution in [1.29, 1.82) is 0 Å². The number of carbonyl (C=O) groups excluding carboxylic acids is 1. The highest BCUT2D eigenvalue weighted by atomic mass is 35.5. The molecule has 2 rings (SSSR count). The third-order valence-corrected chi connectivity index (χ3v) is 3.92. The number of methoxy groups -OCH3 is 1. The van der Waals surface area contributed by atoms with Crippen molar-refractivity contribution in [2.24, 2.45) is 5.41 Å².